The van der Waals surface area contributed by atoms with Crippen molar-refractivity contribution in [2.45, 2.75) is 5.16 Å². The Hall–Kier alpha value is -2.89. The molecule has 138 valence electrons. The summed E-state index contributed by atoms with van der Waals surface area (Å²) in [6.45, 7) is 0. The maximum atomic E-state index is 13.2. The summed E-state index contributed by atoms with van der Waals surface area (Å²) >= 11 is 7.37. The molecular weight excluding hydrogens is 392 g/mol. The zero-order chi connectivity index (χ0) is 19.5. The highest BCUT2D eigenvalue weighted by molar-refractivity contribution is 7.99. The van der Waals surface area contributed by atoms with E-state index in [0.717, 1.165) is 0 Å². The number of rotatable bonds is 5. The minimum atomic E-state index is -0.192. The Balaban J connectivity index is 1.79. The zero-order valence-corrected chi connectivity index (χ0v) is 16.3. The second-order valence-corrected chi connectivity index (χ2v) is 7.49. The number of fused-ring (bicyclic) bond motifs is 1. The van der Waals surface area contributed by atoms with Gasteiger partial charge in [-0.05, 0) is 30.3 Å². The molecule has 0 radical (unpaired) electrons. The van der Waals surface area contributed by atoms with Crippen molar-refractivity contribution in [2.75, 3.05) is 5.75 Å². The Labute approximate surface area is 170 Å². The molecule has 1 heterocycles. The van der Waals surface area contributed by atoms with E-state index in [4.69, 9.17) is 11.6 Å². The fourth-order valence-electron chi connectivity index (χ4n) is 2.89. The average molecular weight is 407 g/mol. The first kappa shape index (κ1) is 18.5. The molecule has 0 N–H and O–H groups in total. The van der Waals surface area contributed by atoms with E-state index in [1.165, 1.54) is 16.3 Å². The molecule has 0 aliphatic rings. The molecule has 3 aromatic carbocycles. The molecular formula is C22H15ClN2O2S. The summed E-state index contributed by atoms with van der Waals surface area (Å²) in [6.07, 6.45) is 0. The molecule has 0 aliphatic carbocycles. The SMILES string of the molecule is O=C(CSc1nc2ccccc2c(=O)n1-c1cccc(Cl)c1)c1ccccc1. The molecule has 0 fully saturated rings. The summed E-state index contributed by atoms with van der Waals surface area (Å²) in [5, 5.41) is 1.49. The van der Waals surface area contributed by atoms with Crippen LogP contribution < -0.4 is 5.56 Å². The molecule has 0 atom stereocenters. The van der Waals surface area contributed by atoms with Crippen LogP contribution in [0.3, 0.4) is 0 Å². The van der Waals surface area contributed by atoms with Crippen LogP contribution in [0.15, 0.2) is 88.8 Å². The van der Waals surface area contributed by atoms with Crippen LogP contribution in [0.25, 0.3) is 16.6 Å². The van der Waals surface area contributed by atoms with E-state index < -0.39 is 0 Å². The van der Waals surface area contributed by atoms with Crippen molar-refractivity contribution in [2.24, 2.45) is 0 Å². The normalized spacial score (nSPS) is 10.9. The highest BCUT2D eigenvalue weighted by atomic mass is 35.5. The number of thioether (sulfide) groups is 1. The van der Waals surface area contributed by atoms with Crippen molar-refractivity contribution in [3.63, 3.8) is 0 Å². The third-order valence-electron chi connectivity index (χ3n) is 4.24. The fraction of sp³-hybridized carbons (Fsp3) is 0.0455. The topological polar surface area (TPSA) is 52.0 Å². The van der Waals surface area contributed by atoms with Crippen molar-refractivity contribution in [1.82, 2.24) is 9.55 Å². The molecule has 6 heteroatoms. The zero-order valence-electron chi connectivity index (χ0n) is 14.7. The average Bonchev–Trinajstić information content (AvgIpc) is 2.73. The number of aromatic nitrogens is 2. The molecule has 0 bridgehead atoms. The first-order chi connectivity index (χ1) is 13.6. The minimum Gasteiger partial charge on any atom is -0.293 e. The summed E-state index contributed by atoms with van der Waals surface area (Å²) in [6, 6.07) is 23.3. The van der Waals surface area contributed by atoms with E-state index in [1.54, 1.807) is 54.6 Å². The molecule has 0 saturated carbocycles. The molecule has 4 aromatic rings. The van der Waals surface area contributed by atoms with Crippen molar-refractivity contribution < 1.29 is 4.79 Å². The maximum absolute atomic E-state index is 13.2. The van der Waals surface area contributed by atoms with Crippen LogP contribution >= 0.6 is 23.4 Å². The minimum absolute atomic E-state index is 0.0225. The van der Waals surface area contributed by atoms with Crippen LogP contribution in [0.1, 0.15) is 10.4 Å². The predicted octanol–water partition coefficient (Wildman–Crippen LogP) is 5.01. The van der Waals surface area contributed by atoms with Crippen molar-refractivity contribution in [1.29, 1.82) is 0 Å². The van der Waals surface area contributed by atoms with Crippen LogP contribution in [0.4, 0.5) is 0 Å². The quantitative estimate of drug-likeness (QED) is 0.265. The number of carbonyl (C=O) groups excluding carboxylic acids is 1. The van der Waals surface area contributed by atoms with E-state index in [1.807, 2.05) is 24.3 Å². The van der Waals surface area contributed by atoms with E-state index >= 15 is 0 Å². The predicted molar refractivity (Wildman–Crippen MR) is 114 cm³/mol. The van der Waals surface area contributed by atoms with Gasteiger partial charge in [-0.1, -0.05) is 71.9 Å². The van der Waals surface area contributed by atoms with Crippen LogP contribution in [0, 0.1) is 0 Å². The molecule has 4 nitrogen and oxygen atoms in total. The molecule has 4 rings (SSSR count). The van der Waals surface area contributed by atoms with Gasteiger partial charge in [-0.15, -0.1) is 0 Å². The van der Waals surface area contributed by atoms with Crippen LogP contribution in [0.5, 0.6) is 0 Å². The van der Waals surface area contributed by atoms with Crippen LogP contribution in [-0.2, 0) is 0 Å². The van der Waals surface area contributed by atoms with Gasteiger partial charge in [0, 0.05) is 10.6 Å². The van der Waals surface area contributed by atoms with Gasteiger partial charge in [-0.25, -0.2) is 4.98 Å². The monoisotopic (exact) mass is 406 g/mol. The highest BCUT2D eigenvalue weighted by Gasteiger charge is 2.15. The van der Waals surface area contributed by atoms with E-state index in [-0.39, 0.29) is 17.1 Å². The number of Topliss-reactive ketones (excluding diaryl/α,β-unsaturated/α-hetero) is 1. The van der Waals surface area contributed by atoms with Crippen molar-refractivity contribution >= 4 is 40.0 Å². The number of carbonyl (C=O) groups is 1. The van der Waals surface area contributed by atoms with Gasteiger partial charge in [0.2, 0.25) is 0 Å². The summed E-state index contributed by atoms with van der Waals surface area (Å²) in [5.41, 5.74) is 1.65. The molecule has 0 amide bonds. The van der Waals surface area contributed by atoms with Gasteiger partial charge in [0.15, 0.2) is 10.9 Å². The number of benzene rings is 3. The second-order valence-electron chi connectivity index (χ2n) is 6.11. The maximum Gasteiger partial charge on any atom is 0.266 e. The Morgan fingerprint density at radius 3 is 2.50 bits per heavy atom. The lowest BCUT2D eigenvalue weighted by atomic mass is 10.2. The summed E-state index contributed by atoms with van der Waals surface area (Å²) in [7, 11) is 0. The lowest BCUT2D eigenvalue weighted by Crippen LogP contribution is -2.22. The Bertz CT molecular complexity index is 1220. The van der Waals surface area contributed by atoms with Gasteiger partial charge in [-0.2, -0.15) is 0 Å². The number of para-hydroxylation sites is 1. The van der Waals surface area contributed by atoms with Gasteiger partial charge in [0.25, 0.3) is 5.56 Å². The summed E-state index contributed by atoms with van der Waals surface area (Å²) in [4.78, 5) is 30.3. The van der Waals surface area contributed by atoms with E-state index in [9.17, 15) is 9.59 Å². The first-order valence-electron chi connectivity index (χ1n) is 8.62. The fourth-order valence-corrected chi connectivity index (χ4v) is 3.98. The largest absolute Gasteiger partial charge is 0.293 e. The smallest absolute Gasteiger partial charge is 0.266 e. The van der Waals surface area contributed by atoms with Gasteiger partial charge >= 0.3 is 0 Å². The lowest BCUT2D eigenvalue weighted by Gasteiger charge is -2.13. The Kier molecular flexibility index (Phi) is 5.28. The second kappa shape index (κ2) is 8.00. The van der Waals surface area contributed by atoms with Crippen LogP contribution in [0.2, 0.25) is 5.02 Å². The third kappa shape index (κ3) is 3.72. The molecule has 0 spiro atoms. The van der Waals surface area contributed by atoms with Gasteiger partial charge < -0.3 is 0 Å². The Morgan fingerprint density at radius 2 is 1.71 bits per heavy atom. The van der Waals surface area contributed by atoms with Crippen molar-refractivity contribution in [3.05, 3.63) is 99.8 Å². The summed E-state index contributed by atoms with van der Waals surface area (Å²) in [5.74, 6) is 0.153. The molecule has 0 saturated heterocycles. The van der Waals surface area contributed by atoms with Crippen LogP contribution in [-0.4, -0.2) is 21.1 Å². The molecule has 0 unspecified atom stereocenters. The van der Waals surface area contributed by atoms with E-state index in [0.29, 0.717) is 32.3 Å². The molecule has 1 aromatic heterocycles. The standard InChI is InChI=1S/C22H15ClN2O2S/c23-16-9-6-10-17(13-16)25-21(27)18-11-4-5-12-19(18)24-22(25)28-14-20(26)15-7-2-1-3-8-15/h1-13H,14H2. The number of ketones is 1. The first-order valence-corrected chi connectivity index (χ1v) is 9.98. The molecule has 28 heavy (non-hydrogen) atoms. The third-order valence-corrected chi connectivity index (χ3v) is 5.41. The highest BCUT2D eigenvalue weighted by Crippen LogP contribution is 2.23. The molecule has 0 aliphatic heterocycles. The number of hydrogen-bond acceptors (Lipinski definition) is 4. The van der Waals surface area contributed by atoms with Gasteiger partial charge in [0.05, 0.1) is 22.3 Å². The van der Waals surface area contributed by atoms with Crippen molar-refractivity contribution in [3.8, 4) is 5.69 Å². The number of nitrogens with zero attached hydrogens (tertiary/aromatic N) is 2. The Morgan fingerprint density at radius 1 is 0.964 bits per heavy atom. The number of halogens is 1. The van der Waals surface area contributed by atoms with E-state index in [2.05, 4.69) is 4.98 Å². The van der Waals surface area contributed by atoms with Gasteiger partial charge in [0.1, 0.15) is 0 Å². The lowest BCUT2D eigenvalue weighted by molar-refractivity contribution is 0.102. The van der Waals surface area contributed by atoms with Gasteiger partial charge in [-0.3, -0.25) is 14.2 Å². The number of hydrogen-bond donors (Lipinski definition) is 0. The summed E-state index contributed by atoms with van der Waals surface area (Å²) < 4.78 is 1.51.